The van der Waals surface area contributed by atoms with Gasteiger partial charge in [-0.2, -0.15) is 5.26 Å². The number of fused-ring (bicyclic) bond motifs is 1. The number of aromatic nitrogens is 4. The zero-order valence-corrected chi connectivity index (χ0v) is 20.9. The first-order valence-electron chi connectivity index (χ1n) is 12.1. The summed E-state index contributed by atoms with van der Waals surface area (Å²) < 4.78 is 7.44. The normalized spacial score (nSPS) is 20.8. The number of ether oxygens (including phenoxy) is 1. The molecule has 0 aromatic carbocycles. The van der Waals surface area contributed by atoms with E-state index in [4.69, 9.17) is 9.72 Å². The lowest BCUT2D eigenvalue weighted by molar-refractivity contribution is -0.154. The largest absolute Gasteiger partial charge is 0.369 e. The Morgan fingerprint density at radius 1 is 1.17 bits per heavy atom. The highest BCUT2D eigenvalue weighted by molar-refractivity contribution is 5.93. The number of methoxy groups -OCH3 is 1. The number of anilines is 1. The second-order valence-electron chi connectivity index (χ2n) is 10.2. The van der Waals surface area contributed by atoms with Crippen LogP contribution in [0.5, 0.6) is 0 Å². The fraction of sp³-hybridized carbons (Fsp3) is 0.500. The van der Waals surface area contributed by atoms with E-state index >= 15 is 0 Å². The predicted molar refractivity (Wildman–Crippen MR) is 132 cm³/mol. The number of carbonyl (C=O) groups excluding carboxylic acids is 1. The Morgan fingerprint density at radius 3 is 2.63 bits per heavy atom. The van der Waals surface area contributed by atoms with Crippen LogP contribution in [0.3, 0.4) is 0 Å². The van der Waals surface area contributed by atoms with Gasteiger partial charge in [0, 0.05) is 44.7 Å². The van der Waals surface area contributed by atoms with Crippen molar-refractivity contribution in [1.29, 1.82) is 5.26 Å². The maximum atomic E-state index is 13.2. The highest BCUT2D eigenvalue weighted by atomic mass is 16.5. The molecular formula is C26H31N7O2. The predicted octanol–water partition coefficient (Wildman–Crippen LogP) is 3.42. The highest BCUT2D eigenvalue weighted by Crippen LogP contribution is 2.46. The molecule has 9 heteroatoms. The topological polar surface area (TPSA) is 100 Å². The molecule has 0 bridgehead atoms. The van der Waals surface area contributed by atoms with Crippen LogP contribution in [0.1, 0.15) is 57.6 Å². The standard InChI is InChI=1S/C26H31N7O2/c1-16-13-32(25(34)26(3,4)35-5)17(2)12-31(16)23-22-20(19-6-7-19)14-33(24(22)30-15-29-23)21-10-18(11-27)8-9-28-21/h8-10,14-17,19H,6-7,12-13H2,1-5H3/t16-,17+/m0/s1. The molecule has 0 N–H and O–H groups in total. The Morgan fingerprint density at radius 2 is 1.94 bits per heavy atom. The summed E-state index contributed by atoms with van der Waals surface area (Å²) in [5.41, 5.74) is 1.71. The second-order valence-corrected chi connectivity index (χ2v) is 10.2. The molecule has 2 atom stereocenters. The number of carbonyl (C=O) groups is 1. The highest BCUT2D eigenvalue weighted by Gasteiger charge is 2.40. The van der Waals surface area contributed by atoms with Crippen LogP contribution in [0.2, 0.25) is 0 Å². The monoisotopic (exact) mass is 473 g/mol. The van der Waals surface area contributed by atoms with E-state index in [9.17, 15) is 10.1 Å². The average Bonchev–Trinajstić information content (AvgIpc) is 3.64. The number of nitriles is 1. The summed E-state index contributed by atoms with van der Waals surface area (Å²) in [6.45, 7) is 9.08. The van der Waals surface area contributed by atoms with Gasteiger partial charge in [-0.3, -0.25) is 9.36 Å². The molecule has 1 amide bonds. The zero-order chi connectivity index (χ0) is 24.9. The zero-order valence-electron chi connectivity index (χ0n) is 20.9. The third kappa shape index (κ3) is 4.02. The molecule has 9 nitrogen and oxygen atoms in total. The van der Waals surface area contributed by atoms with Crippen LogP contribution in [-0.2, 0) is 9.53 Å². The van der Waals surface area contributed by atoms with Crippen molar-refractivity contribution in [3.05, 3.63) is 42.0 Å². The molecule has 0 radical (unpaired) electrons. The number of rotatable bonds is 5. The molecule has 3 aromatic rings. The summed E-state index contributed by atoms with van der Waals surface area (Å²) in [5, 5.41) is 10.4. The second kappa shape index (κ2) is 8.61. The van der Waals surface area contributed by atoms with Gasteiger partial charge in [0.05, 0.1) is 17.0 Å². The summed E-state index contributed by atoms with van der Waals surface area (Å²) >= 11 is 0. The molecule has 0 spiro atoms. The Hall–Kier alpha value is -3.51. The molecule has 1 aliphatic carbocycles. The van der Waals surface area contributed by atoms with Crippen LogP contribution in [0, 0.1) is 11.3 Å². The van der Waals surface area contributed by atoms with Crippen molar-refractivity contribution in [2.24, 2.45) is 0 Å². The first-order valence-corrected chi connectivity index (χ1v) is 12.1. The van der Waals surface area contributed by atoms with Crippen molar-refractivity contribution in [3.8, 4) is 11.9 Å². The molecule has 0 unspecified atom stereocenters. The Kier molecular flexibility index (Phi) is 5.72. The third-order valence-corrected chi connectivity index (χ3v) is 7.28. The van der Waals surface area contributed by atoms with Crippen LogP contribution >= 0.6 is 0 Å². The lowest BCUT2D eigenvalue weighted by atomic mass is 10.0. The van der Waals surface area contributed by atoms with Crippen LogP contribution in [-0.4, -0.2) is 68.2 Å². The summed E-state index contributed by atoms with van der Waals surface area (Å²) in [4.78, 5) is 31.3. The average molecular weight is 474 g/mol. The number of nitrogens with zero attached hydrogens (tertiary/aromatic N) is 7. The van der Waals surface area contributed by atoms with E-state index in [1.165, 1.54) is 5.56 Å². The Bertz CT molecular complexity index is 1320. The molecule has 5 rings (SSSR count). The van der Waals surface area contributed by atoms with Gasteiger partial charge < -0.3 is 14.5 Å². The number of hydrogen-bond acceptors (Lipinski definition) is 7. The number of pyridine rings is 1. The van der Waals surface area contributed by atoms with Gasteiger partial charge in [0.2, 0.25) is 0 Å². The maximum Gasteiger partial charge on any atom is 0.254 e. The lowest BCUT2D eigenvalue weighted by Gasteiger charge is -2.46. The van der Waals surface area contributed by atoms with E-state index in [0.717, 1.165) is 29.7 Å². The van der Waals surface area contributed by atoms with Crippen molar-refractivity contribution < 1.29 is 9.53 Å². The maximum absolute atomic E-state index is 13.2. The summed E-state index contributed by atoms with van der Waals surface area (Å²) in [5.74, 6) is 2.04. The van der Waals surface area contributed by atoms with E-state index in [-0.39, 0.29) is 18.0 Å². The summed E-state index contributed by atoms with van der Waals surface area (Å²) in [6.07, 6.45) is 7.64. The van der Waals surface area contributed by atoms with E-state index in [0.29, 0.717) is 30.4 Å². The fourth-order valence-corrected chi connectivity index (χ4v) is 4.93. The van der Waals surface area contributed by atoms with Gasteiger partial charge in [-0.1, -0.05) is 0 Å². The minimum absolute atomic E-state index is 0.0000980. The van der Waals surface area contributed by atoms with Gasteiger partial charge in [0.25, 0.3) is 5.91 Å². The lowest BCUT2D eigenvalue weighted by Crippen LogP contribution is -2.62. The minimum atomic E-state index is -0.861. The smallest absolute Gasteiger partial charge is 0.254 e. The van der Waals surface area contributed by atoms with Crippen molar-refractivity contribution in [1.82, 2.24) is 24.4 Å². The molecule has 2 aliphatic rings. The molecule has 1 saturated heterocycles. The van der Waals surface area contributed by atoms with Crippen molar-refractivity contribution in [2.45, 2.75) is 64.1 Å². The molecule has 182 valence electrons. The first-order chi connectivity index (χ1) is 16.7. The van der Waals surface area contributed by atoms with Crippen molar-refractivity contribution >= 4 is 22.8 Å². The summed E-state index contributed by atoms with van der Waals surface area (Å²) in [7, 11) is 1.57. The third-order valence-electron chi connectivity index (χ3n) is 7.28. The SMILES string of the molecule is COC(C)(C)C(=O)N1C[C@H](C)N(c2ncnc3c2c(C2CC2)cn3-c2cc(C#N)ccn2)C[C@H]1C. The van der Waals surface area contributed by atoms with Crippen LogP contribution in [0.25, 0.3) is 16.9 Å². The summed E-state index contributed by atoms with van der Waals surface area (Å²) in [6, 6.07) is 5.74. The first kappa shape index (κ1) is 23.2. The molecule has 4 heterocycles. The van der Waals surface area contributed by atoms with E-state index < -0.39 is 5.60 Å². The van der Waals surface area contributed by atoms with Crippen LogP contribution < -0.4 is 4.90 Å². The number of amides is 1. The quantitative estimate of drug-likeness (QED) is 0.560. The van der Waals surface area contributed by atoms with Gasteiger partial charge in [-0.25, -0.2) is 15.0 Å². The van der Waals surface area contributed by atoms with Gasteiger partial charge in [-0.15, -0.1) is 0 Å². The Labute approximate surface area is 205 Å². The van der Waals surface area contributed by atoms with Gasteiger partial charge in [-0.05, 0) is 64.2 Å². The number of piperazine rings is 1. The number of hydrogen-bond donors (Lipinski definition) is 0. The molecule has 35 heavy (non-hydrogen) atoms. The van der Waals surface area contributed by atoms with Gasteiger partial charge in [0.15, 0.2) is 5.65 Å². The van der Waals surface area contributed by atoms with E-state index in [2.05, 4.69) is 41.0 Å². The van der Waals surface area contributed by atoms with Crippen molar-refractivity contribution in [2.75, 3.05) is 25.1 Å². The van der Waals surface area contributed by atoms with Crippen LogP contribution in [0.15, 0.2) is 30.9 Å². The fourth-order valence-electron chi connectivity index (χ4n) is 4.93. The molecule has 3 aromatic heterocycles. The molecule has 1 saturated carbocycles. The van der Waals surface area contributed by atoms with Gasteiger partial charge >= 0.3 is 0 Å². The minimum Gasteiger partial charge on any atom is -0.369 e. The van der Waals surface area contributed by atoms with Crippen LogP contribution in [0.4, 0.5) is 5.82 Å². The van der Waals surface area contributed by atoms with Crippen molar-refractivity contribution in [3.63, 3.8) is 0 Å². The van der Waals surface area contributed by atoms with E-state index in [1.807, 2.05) is 23.3 Å². The molecular weight excluding hydrogens is 442 g/mol. The Balaban J connectivity index is 1.56. The molecule has 2 fully saturated rings. The van der Waals surface area contributed by atoms with Gasteiger partial charge in [0.1, 0.15) is 23.6 Å². The van der Waals surface area contributed by atoms with E-state index in [1.54, 1.807) is 31.8 Å². The molecule has 1 aliphatic heterocycles.